The van der Waals surface area contributed by atoms with Crippen LogP contribution in [0.1, 0.15) is 25.7 Å². The Hall–Kier alpha value is -1.36. The molecule has 3 aliphatic rings. The molecule has 3 rings (SSSR count). The zero-order valence-electron chi connectivity index (χ0n) is 11.0. The summed E-state index contributed by atoms with van der Waals surface area (Å²) in [7, 11) is 1.39. The van der Waals surface area contributed by atoms with Crippen LogP contribution < -0.4 is 0 Å². The van der Waals surface area contributed by atoms with Crippen molar-refractivity contribution in [2.45, 2.75) is 32.0 Å². The van der Waals surface area contributed by atoms with Gasteiger partial charge in [-0.2, -0.15) is 0 Å². The van der Waals surface area contributed by atoms with Crippen LogP contribution in [-0.4, -0.2) is 31.9 Å². The monoisotopic (exact) mass is 266 g/mol. The van der Waals surface area contributed by atoms with Gasteiger partial charge < -0.3 is 14.2 Å². The second kappa shape index (κ2) is 4.63. The highest BCUT2D eigenvalue weighted by molar-refractivity contribution is 5.84. The fraction of sp³-hybridized carbons (Fsp3) is 0.714. The fourth-order valence-corrected chi connectivity index (χ4v) is 3.39. The van der Waals surface area contributed by atoms with Gasteiger partial charge >= 0.3 is 11.9 Å². The average molecular weight is 266 g/mol. The van der Waals surface area contributed by atoms with Crippen LogP contribution >= 0.6 is 0 Å². The summed E-state index contributed by atoms with van der Waals surface area (Å²) >= 11 is 0. The van der Waals surface area contributed by atoms with Crippen LogP contribution in [0.25, 0.3) is 0 Å². The molecule has 0 N–H and O–H groups in total. The summed E-state index contributed by atoms with van der Waals surface area (Å²) in [6.07, 6.45) is 6.28. The molecule has 0 spiro atoms. The molecule has 5 heteroatoms. The minimum absolute atomic E-state index is 0.0907. The van der Waals surface area contributed by atoms with Crippen molar-refractivity contribution in [1.82, 2.24) is 0 Å². The maximum atomic E-state index is 12.2. The second-order valence-corrected chi connectivity index (χ2v) is 5.56. The van der Waals surface area contributed by atoms with Crippen LogP contribution in [-0.2, 0) is 23.8 Å². The molecular formula is C14H18O5. The predicted molar refractivity (Wildman–Crippen MR) is 64.9 cm³/mol. The SMILES string of the molecule is COC(=O)C12C=CC(C1)C(C(=O)OC1CCCO1)C2. The summed E-state index contributed by atoms with van der Waals surface area (Å²) in [5.41, 5.74) is -0.611. The van der Waals surface area contributed by atoms with Gasteiger partial charge in [-0.05, 0) is 25.2 Å². The second-order valence-electron chi connectivity index (χ2n) is 5.56. The van der Waals surface area contributed by atoms with E-state index in [2.05, 4.69) is 0 Å². The van der Waals surface area contributed by atoms with Crippen molar-refractivity contribution in [3.8, 4) is 0 Å². The number of rotatable bonds is 3. The number of esters is 2. The molecule has 0 radical (unpaired) electrons. The van der Waals surface area contributed by atoms with E-state index in [4.69, 9.17) is 14.2 Å². The molecule has 2 aliphatic carbocycles. The fourth-order valence-electron chi connectivity index (χ4n) is 3.39. The van der Waals surface area contributed by atoms with E-state index in [9.17, 15) is 9.59 Å². The molecule has 19 heavy (non-hydrogen) atoms. The van der Waals surface area contributed by atoms with Gasteiger partial charge in [0.25, 0.3) is 0 Å². The summed E-state index contributed by atoms with van der Waals surface area (Å²) in [4.78, 5) is 24.0. The third-order valence-corrected chi connectivity index (χ3v) is 4.39. The molecule has 1 aliphatic heterocycles. The van der Waals surface area contributed by atoms with E-state index in [1.165, 1.54) is 7.11 Å². The highest BCUT2D eigenvalue weighted by atomic mass is 16.7. The lowest BCUT2D eigenvalue weighted by Crippen LogP contribution is -2.31. The van der Waals surface area contributed by atoms with E-state index >= 15 is 0 Å². The van der Waals surface area contributed by atoms with Gasteiger partial charge in [0.05, 0.1) is 25.0 Å². The number of ether oxygens (including phenoxy) is 3. The zero-order valence-corrected chi connectivity index (χ0v) is 11.0. The molecule has 4 unspecified atom stereocenters. The highest BCUT2D eigenvalue weighted by Crippen LogP contribution is 2.53. The van der Waals surface area contributed by atoms with Crippen molar-refractivity contribution >= 4 is 11.9 Å². The predicted octanol–water partition coefficient (Wildman–Crippen LogP) is 1.42. The molecule has 2 bridgehead atoms. The number of carbonyl (C=O) groups excluding carboxylic acids is 2. The first-order valence-electron chi connectivity index (χ1n) is 6.74. The van der Waals surface area contributed by atoms with Crippen molar-refractivity contribution in [2.75, 3.05) is 13.7 Å². The maximum Gasteiger partial charge on any atom is 0.315 e. The molecule has 1 saturated carbocycles. The van der Waals surface area contributed by atoms with E-state index in [1.54, 1.807) is 0 Å². The van der Waals surface area contributed by atoms with Crippen molar-refractivity contribution in [2.24, 2.45) is 17.3 Å². The van der Waals surface area contributed by atoms with Crippen LogP contribution in [0.4, 0.5) is 0 Å². The standard InChI is InChI=1S/C14H18O5/c1-17-13(16)14-5-4-9(7-14)10(8-14)12(15)19-11-3-2-6-18-11/h4-5,9-11H,2-3,6-8H2,1H3. The lowest BCUT2D eigenvalue weighted by atomic mass is 9.84. The van der Waals surface area contributed by atoms with Gasteiger partial charge in [0.1, 0.15) is 0 Å². The summed E-state index contributed by atoms with van der Waals surface area (Å²) in [5.74, 6) is -0.646. The van der Waals surface area contributed by atoms with Gasteiger partial charge in [-0.15, -0.1) is 0 Å². The van der Waals surface area contributed by atoms with E-state index in [0.29, 0.717) is 19.4 Å². The first kappa shape index (κ1) is 12.7. The Kier molecular flexibility index (Phi) is 3.09. The number of allylic oxidation sites excluding steroid dienone is 1. The van der Waals surface area contributed by atoms with Gasteiger partial charge in [-0.1, -0.05) is 12.2 Å². The van der Waals surface area contributed by atoms with E-state index in [1.807, 2.05) is 12.2 Å². The van der Waals surface area contributed by atoms with Crippen LogP contribution in [0.5, 0.6) is 0 Å². The van der Waals surface area contributed by atoms with Gasteiger partial charge in [0.15, 0.2) is 0 Å². The molecule has 5 nitrogen and oxygen atoms in total. The van der Waals surface area contributed by atoms with Gasteiger partial charge in [-0.3, -0.25) is 9.59 Å². The van der Waals surface area contributed by atoms with Gasteiger partial charge in [0.2, 0.25) is 6.29 Å². The van der Waals surface area contributed by atoms with E-state index in [0.717, 1.165) is 12.8 Å². The minimum Gasteiger partial charge on any atom is -0.468 e. The number of carbonyl (C=O) groups is 2. The molecule has 1 saturated heterocycles. The first-order valence-corrected chi connectivity index (χ1v) is 6.74. The number of hydrogen-bond acceptors (Lipinski definition) is 5. The molecule has 0 amide bonds. The Morgan fingerprint density at radius 2 is 2.21 bits per heavy atom. The number of fused-ring (bicyclic) bond motifs is 2. The zero-order chi connectivity index (χ0) is 13.5. The topological polar surface area (TPSA) is 61.8 Å². The third-order valence-electron chi connectivity index (χ3n) is 4.39. The lowest BCUT2D eigenvalue weighted by Gasteiger charge is -2.23. The summed E-state index contributed by atoms with van der Waals surface area (Å²) in [6, 6.07) is 0. The van der Waals surface area contributed by atoms with Gasteiger partial charge in [-0.25, -0.2) is 0 Å². The van der Waals surface area contributed by atoms with Crippen LogP contribution in [0.15, 0.2) is 12.2 Å². The first-order chi connectivity index (χ1) is 9.14. The Bertz CT molecular complexity index is 424. The van der Waals surface area contributed by atoms with Crippen LogP contribution in [0, 0.1) is 17.3 Å². The smallest absolute Gasteiger partial charge is 0.315 e. The Labute approximate surface area is 111 Å². The lowest BCUT2D eigenvalue weighted by molar-refractivity contribution is -0.175. The van der Waals surface area contributed by atoms with Crippen molar-refractivity contribution in [1.29, 1.82) is 0 Å². The molecule has 0 aromatic heterocycles. The highest BCUT2D eigenvalue weighted by Gasteiger charge is 2.55. The molecule has 104 valence electrons. The third kappa shape index (κ3) is 2.06. The molecule has 0 aromatic rings. The Morgan fingerprint density at radius 3 is 2.89 bits per heavy atom. The average Bonchev–Trinajstić information content (AvgIpc) is 3.13. The molecule has 2 fully saturated rings. The summed E-state index contributed by atoms with van der Waals surface area (Å²) in [5, 5.41) is 0. The molecule has 0 aromatic carbocycles. The van der Waals surface area contributed by atoms with Crippen molar-refractivity contribution in [3.05, 3.63) is 12.2 Å². The van der Waals surface area contributed by atoms with Crippen LogP contribution in [0.2, 0.25) is 0 Å². The number of methoxy groups -OCH3 is 1. The Balaban J connectivity index is 1.66. The van der Waals surface area contributed by atoms with Crippen LogP contribution in [0.3, 0.4) is 0 Å². The van der Waals surface area contributed by atoms with E-state index < -0.39 is 11.7 Å². The molecule has 4 atom stereocenters. The Morgan fingerprint density at radius 1 is 1.37 bits per heavy atom. The van der Waals surface area contributed by atoms with Crippen molar-refractivity contribution < 1.29 is 23.8 Å². The summed E-state index contributed by atoms with van der Waals surface area (Å²) < 4.78 is 15.5. The molecular weight excluding hydrogens is 248 g/mol. The largest absolute Gasteiger partial charge is 0.468 e. The quantitative estimate of drug-likeness (QED) is 0.571. The van der Waals surface area contributed by atoms with E-state index in [-0.39, 0.29) is 23.8 Å². The normalized spacial score (nSPS) is 39.5. The summed E-state index contributed by atoms with van der Waals surface area (Å²) in [6.45, 7) is 0.651. The maximum absolute atomic E-state index is 12.2. The minimum atomic E-state index is -0.611. The number of hydrogen-bond donors (Lipinski definition) is 0. The van der Waals surface area contributed by atoms with Crippen molar-refractivity contribution in [3.63, 3.8) is 0 Å². The van der Waals surface area contributed by atoms with Gasteiger partial charge in [0, 0.05) is 6.42 Å². The molecule has 1 heterocycles.